The normalized spacial score (nSPS) is 17.0. The van der Waals surface area contributed by atoms with Crippen LogP contribution in [0.3, 0.4) is 0 Å². The fourth-order valence-corrected chi connectivity index (χ4v) is 5.65. The van der Waals surface area contributed by atoms with Gasteiger partial charge in [-0.05, 0) is 50.2 Å². The van der Waals surface area contributed by atoms with E-state index in [1.807, 2.05) is 0 Å². The number of halogens is 1. The highest BCUT2D eigenvalue weighted by molar-refractivity contribution is 7.93. The number of hydrogen-bond acceptors (Lipinski definition) is 4. The van der Waals surface area contributed by atoms with E-state index in [1.54, 1.807) is 12.1 Å². The van der Waals surface area contributed by atoms with E-state index >= 15 is 0 Å². The summed E-state index contributed by atoms with van der Waals surface area (Å²) in [7, 11) is -3.76. The van der Waals surface area contributed by atoms with Gasteiger partial charge in [-0.1, -0.05) is 38.3 Å². The van der Waals surface area contributed by atoms with Gasteiger partial charge >= 0.3 is 0 Å². The third kappa shape index (κ3) is 4.18. The molecule has 0 aromatic heterocycles. The number of hydrogen-bond donors (Lipinski definition) is 1. The Balaban J connectivity index is 2.20. The van der Waals surface area contributed by atoms with Crippen molar-refractivity contribution in [1.29, 1.82) is 0 Å². The fraction of sp³-hybridized carbons (Fsp3) is 0.611. The Kier molecular flexibility index (Phi) is 6.88. The summed E-state index contributed by atoms with van der Waals surface area (Å²) in [5.74, 6) is -0.368. The van der Waals surface area contributed by atoms with Crippen molar-refractivity contribution in [1.82, 2.24) is 10.2 Å². The van der Waals surface area contributed by atoms with Gasteiger partial charge in [0.25, 0.3) is 0 Å². The number of sulfone groups is 1. The average Bonchev–Trinajstić information content (AvgIpc) is 3.10. The quantitative estimate of drug-likeness (QED) is 0.746. The molecule has 1 aromatic rings. The molecule has 0 unspecified atom stereocenters. The van der Waals surface area contributed by atoms with Gasteiger partial charge in [-0.2, -0.15) is 0 Å². The lowest BCUT2D eigenvalue weighted by Gasteiger charge is -2.28. The molecule has 0 bridgehead atoms. The van der Waals surface area contributed by atoms with E-state index in [4.69, 9.17) is 11.6 Å². The largest absolute Gasteiger partial charge is 0.353 e. The second kappa shape index (κ2) is 8.52. The Hall–Kier alpha value is -1.11. The maximum absolute atomic E-state index is 13.2. The number of carbonyl (C=O) groups is 1. The molecule has 0 heterocycles. The minimum absolute atomic E-state index is 0.165. The third-order valence-electron chi connectivity index (χ3n) is 5.07. The highest BCUT2D eigenvalue weighted by Gasteiger charge is 2.52. The zero-order valence-corrected chi connectivity index (χ0v) is 16.5. The first-order valence-electron chi connectivity index (χ1n) is 8.88. The summed E-state index contributed by atoms with van der Waals surface area (Å²) in [6, 6.07) is 6.08. The third-order valence-corrected chi connectivity index (χ3v) is 7.84. The van der Waals surface area contributed by atoms with Crippen LogP contribution in [0.1, 0.15) is 39.5 Å². The van der Waals surface area contributed by atoms with Crippen LogP contribution in [-0.2, 0) is 14.6 Å². The van der Waals surface area contributed by atoms with Crippen molar-refractivity contribution < 1.29 is 13.2 Å². The fourth-order valence-electron chi connectivity index (χ4n) is 3.43. The van der Waals surface area contributed by atoms with E-state index in [1.165, 1.54) is 12.1 Å². The molecule has 25 heavy (non-hydrogen) atoms. The van der Waals surface area contributed by atoms with Crippen LogP contribution in [0.15, 0.2) is 29.2 Å². The highest BCUT2D eigenvalue weighted by atomic mass is 35.5. The monoisotopic (exact) mass is 386 g/mol. The Morgan fingerprint density at radius 1 is 1.16 bits per heavy atom. The molecule has 0 radical (unpaired) electrons. The molecule has 1 amide bonds. The van der Waals surface area contributed by atoms with Gasteiger partial charge < -0.3 is 10.2 Å². The second-order valence-corrected chi connectivity index (χ2v) is 9.14. The van der Waals surface area contributed by atoms with Crippen LogP contribution in [0, 0.1) is 0 Å². The van der Waals surface area contributed by atoms with Crippen molar-refractivity contribution in [2.75, 3.05) is 26.2 Å². The molecular weight excluding hydrogens is 360 g/mol. The first-order valence-corrected chi connectivity index (χ1v) is 10.7. The maximum atomic E-state index is 13.2. The molecule has 1 fully saturated rings. The predicted octanol–water partition coefficient (Wildman–Crippen LogP) is 2.88. The van der Waals surface area contributed by atoms with Gasteiger partial charge in [0.15, 0.2) is 14.6 Å². The molecular formula is C18H27ClN2O3S. The van der Waals surface area contributed by atoms with Crippen LogP contribution >= 0.6 is 11.6 Å². The van der Waals surface area contributed by atoms with Gasteiger partial charge in [0.2, 0.25) is 5.91 Å². The van der Waals surface area contributed by atoms with Crippen LogP contribution in [0.4, 0.5) is 0 Å². The summed E-state index contributed by atoms with van der Waals surface area (Å²) in [5, 5.41) is 3.34. The van der Waals surface area contributed by atoms with Gasteiger partial charge in [-0.25, -0.2) is 8.42 Å². The molecule has 1 saturated carbocycles. The summed E-state index contributed by atoms with van der Waals surface area (Å²) in [6.07, 6.45) is 2.23. The van der Waals surface area contributed by atoms with Crippen molar-refractivity contribution in [2.24, 2.45) is 0 Å². The van der Waals surface area contributed by atoms with Crippen LogP contribution in [0.5, 0.6) is 0 Å². The molecule has 0 saturated heterocycles. The minimum atomic E-state index is -3.76. The lowest BCUT2D eigenvalue weighted by atomic mass is 10.1. The average molecular weight is 387 g/mol. The number of nitrogens with zero attached hydrogens (tertiary/aromatic N) is 1. The van der Waals surface area contributed by atoms with Gasteiger partial charge in [-0.15, -0.1) is 0 Å². The van der Waals surface area contributed by atoms with Crippen LogP contribution in [-0.4, -0.2) is 50.2 Å². The first kappa shape index (κ1) is 20.2. The Labute approximate surface area is 155 Å². The minimum Gasteiger partial charge on any atom is -0.353 e. The number of likely N-dealkylation sites (N-methyl/N-ethyl adjacent to an activating group) is 1. The van der Waals surface area contributed by atoms with Crippen molar-refractivity contribution >= 4 is 27.3 Å². The Bertz CT molecular complexity index is 679. The molecule has 1 aliphatic carbocycles. The summed E-state index contributed by atoms with van der Waals surface area (Å²) in [5.41, 5.74) is 0. The topological polar surface area (TPSA) is 66.5 Å². The molecule has 1 N–H and O–H groups in total. The van der Waals surface area contributed by atoms with E-state index in [9.17, 15) is 13.2 Å². The molecule has 5 nitrogen and oxygen atoms in total. The van der Waals surface area contributed by atoms with Gasteiger partial charge in [-0.3, -0.25) is 4.79 Å². The molecule has 2 rings (SSSR count). The molecule has 1 aliphatic rings. The lowest BCUT2D eigenvalue weighted by Crippen LogP contribution is -2.51. The van der Waals surface area contributed by atoms with Crippen LogP contribution < -0.4 is 5.32 Å². The lowest BCUT2D eigenvalue weighted by molar-refractivity contribution is -0.123. The molecule has 0 aliphatic heterocycles. The Morgan fingerprint density at radius 3 is 2.24 bits per heavy atom. The van der Waals surface area contributed by atoms with Gasteiger partial charge in [0.1, 0.15) is 0 Å². The number of carbonyl (C=O) groups excluding carboxylic acids is 1. The number of rotatable bonds is 8. The zero-order valence-electron chi connectivity index (χ0n) is 14.9. The number of benzene rings is 1. The van der Waals surface area contributed by atoms with E-state index in [0.717, 1.165) is 32.5 Å². The summed E-state index contributed by atoms with van der Waals surface area (Å²) in [4.78, 5) is 15.2. The van der Waals surface area contributed by atoms with E-state index < -0.39 is 14.6 Å². The van der Waals surface area contributed by atoms with E-state index in [-0.39, 0.29) is 10.8 Å². The van der Waals surface area contributed by atoms with Crippen molar-refractivity contribution in [2.45, 2.75) is 49.2 Å². The first-order chi connectivity index (χ1) is 11.9. The predicted molar refractivity (Wildman–Crippen MR) is 101 cm³/mol. The molecule has 140 valence electrons. The van der Waals surface area contributed by atoms with E-state index in [2.05, 4.69) is 24.1 Å². The van der Waals surface area contributed by atoms with Crippen molar-refractivity contribution in [3.05, 3.63) is 29.3 Å². The molecule has 0 atom stereocenters. The molecule has 1 aromatic carbocycles. The van der Waals surface area contributed by atoms with E-state index in [0.29, 0.717) is 24.4 Å². The smallest absolute Gasteiger partial charge is 0.241 e. The Morgan fingerprint density at radius 2 is 1.72 bits per heavy atom. The van der Waals surface area contributed by atoms with Crippen molar-refractivity contribution in [3.8, 4) is 0 Å². The SMILES string of the molecule is CCN(CC)CCNC(=O)C1(S(=O)(=O)c2ccc(Cl)cc2)CCCC1. The molecule has 0 spiro atoms. The number of nitrogens with one attached hydrogen (secondary N) is 1. The highest BCUT2D eigenvalue weighted by Crippen LogP contribution is 2.40. The van der Waals surface area contributed by atoms with Crippen LogP contribution in [0.25, 0.3) is 0 Å². The summed E-state index contributed by atoms with van der Waals surface area (Å²) < 4.78 is 25.1. The summed E-state index contributed by atoms with van der Waals surface area (Å²) >= 11 is 5.87. The number of amides is 1. The van der Waals surface area contributed by atoms with Gasteiger partial charge in [0, 0.05) is 18.1 Å². The molecule has 7 heteroatoms. The summed E-state index contributed by atoms with van der Waals surface area (Å²) in [6.45, 7) is 7.11. The zero-order chi connectivity index (χ0) is 18.5. The van der Waals surface area contributed by atoms with Gasteiger partial charge in [0.05, 0.1) is 4.90 Å². The maximum Gasteiger partial charge on any atom is 0.241 e. The van der Waals surface area contributed by atoms with Crippen LogP contribution in [0.2, 0.25) is 5.02 Å². The standard InChI is InChI=1S/C18H27ClN2O3S/c1-3-21(4-2)14-13-20-17(22)18(11-5-6-12-18)25(23,24)16-9-7-15(19)8-10-16/h7-10H,3-6,11-14H2,1-2H3,(H,20,22). The van der Waals surface area contributed by atoms with Crippen molar-refractivity contribution in [3.63, 3.8) is 0 Å². The second-order valence-electron chi connectivity index (χ2n) is 6.44.